The smallest absolute Gasteiger partial charge is 0.0462 e. The minimum Gasteiger partial charge on any atom is -0.345 e. The molecule has 1 aliphatic rings. The molecule has 2 heteroatoms. The monoisotopic (exact) mass is 608 g/mol. The van der Waals surface area contributed by atoms with Gasteiger partial charge in [-0.1, -0.05) is 116 Å². The minimum absolute atomic E-state index is 0.568. The number of hydrogen-bond donors (Lipinski definition) is 0. The zero-order valence-corrected chi connectivity index (χ0v) is 27.3. The highest BCUT2D eigenvalue weighted by Gasteiger charge is 2.15. The highest BCUT2D eigenvalue weighted by Crippen LogP contribution is 2.38. The first-order valence-corrected chi connectivity index (χ1v) is 16.5. The van der Waals surface area contributed by atoms with Crippen molar-refractivity contribution >= 4 is 34.0 Å². The molecule has 2 nitrogen and oxygen atoms in total. The molecule has 0 saturated carbocycles. The third-order valence-corrected chi connectivity index (χ3v) is 9.06. The molecular weight excluding hydrogens is 569 g/mol. The largest absolute Gasteiger partial charge is 0.345 e. The van der Waals surface area contributed by atoms with E-state index >= 15 is 0 Å². The molecule has 0 saturated heterocycles. The van der Waals surface area contributed by atoms with Crippen LogP contribution in [0.1, 0.15) is 24.5 Å². The van der Waals surface area contributed by atoms with Crippen molar-refractivity contribution in [2.75, 3.05) is 16.8 Å². The van der Waals surface area contributed by atoms with Crippen LogP contribution in [-0.2, 0) is 0 Å². The fraction of sp³-hybridized carbons (Fsp3) is 0.111. The Bertz CT molecular complexity index is 2000. The first-order chi connectivity index (χ1) is 23.0. The average Bonchev–Trinajstić information content (AvgIpc) is 3.13. The van der Waals surface area contributed by atoms with E-state index in [1.807, 2.05) is 0 Å². The van der Waals surface area contributed by atoms with Crippen LogP contribution in [0, 0.1) is 12.8 Å². The molecule has 1 aliphatic carbocycles. The van der Waals surface area contributed by atoms with Gasteiger partial charge in [-0.2, -0.15) is 0 Å². The standard InChI is InChI=1S/C45H40N2/c1-33-9-7-13-40(31-33)39-21-29-44(30-22-39)47(42-25-17-36(18-26-42)35-11-5-4-6-12-35)43-27-19-38(20-28-43)37-15-23-41(24-16-37)46(3)45-14-8-10-34(2)32-45/h4-8,10-33H,9H2,1-3H3. The summed E-state index contributed by atoms with van der Waals surface area (Å²) in [5.74, 6) is 0.568. The summed E-state index contributed by atoms with van der Waals surface area (Å²) in [5.41, 5.74) is 14.4. The van der Waals surface area contributed by atoms with Gasteiger partial charge in [0.15, 0.2) is 0 Å². The summed E-state index contributed by atoms with van der Waals surface area (Å²) in [6.45, 7) is 4.41. The maximum atomic E-state index is 2.38. The lowest BCUT2D eigenvalue weighted by atomic mass is 9.93. The van der Waals surface area contributed by atoms with Gasteiger partial charge < -0.3 is 9.80 Å². The quantitative estimate of drug-likeness (QED) is 0.170. The minimum atomic E-state index is 0.568. The van der Waals surface area contributed by atoms with Gasteiger partial charge >= 0.3 is 0 Å². The van der Waals surface area contributed by atoms with Crippen LogP contribution in [0.4, 0.5) is 28.4 Å². The van der Waals surface area contributed by atoms with Crippen LogP contribution >= 0.6 is 0 Å². The van der Waals surface area contributed by atoms with Crippen molar-refractivity contribution in [2.45, 2.75) is 20.3 Å². The first-order valence-electron chi connectivity index (χ1n) is 16.5. The number of rotatable bonds is 8. The Kier molecular flexibility index (Phi) is 8.58. The van der Waals surface area contributed by atoms with E-state index in [2.05, 4.69) is 201 Å². The molecule has 0 spiro atoms. The van der Waals surface area contributed by atoms with Crippen LogP contribution in [0.2, 0.25) is 0 Å². The molecule has 47 heavy (non-hydrogen) atoms. The number of nitrogens with zero attached hydrogens (tertiary/aromatic N) is 2. The molecule has 0 heterocycles. The van der Waals surface area contributed by atoms with E-state index in [0.717, 1.165) is 23.5 Å². The van der Waals surface area contributed by atoms with E-state index in [0.29, 0.717) is 5.92 Å². The summed E-state index contributed by atoms with van der Waals surface area (Å²) in [6.07, 6.45) is 8.02. The van der Waals surface area contributed by atoms with E-state index in [9.17, 15) is 0 Å². The van der Waals surface area contributed by atoms with Crippen LogP contribution in [0.5, 0.6) is 0 Å². The topological polar surface area (TPSA) is 6.48 Å². The highest BCUT2D eigenvalue weighted by molar-refractivity contribution is 5.82. The first kappa shape index (κ1) is 30.1. The Morgan fingerprint density at radius 3 is 1.49 bits per heavy atom. The lowest BCUT2D eigenvalue weighted by Gasteiger charge is -2.26. The summed E-state index contributed by atoms with van der Waals surface area (Å²) in [5, 5.41) is 0. The fourth-order valence-electron chi connectivity index (χ4n) is 6.38. The van der Waals surface area contributed by atoms with Crippen molar-refractivity contribution in [3.05, 3.63) is 181 Å². The Labute approximate surface area is 279 Å². The van der Waals surface area contributed by atoms with E-state index in [1.165, 1.54) is 50.3 Å². The van der Waals surface area contributed by atoms with Gasteiger partial charge in [-0.25, -0.2) is 0 Å². The summed E-state index contributed by atoms with van der Waals surface area (Å²) in [6, 6.07) is 54.8. The molecule has 0 bridgehead atoms. The molecule has 1 unspecified atom stereocenters. The molecule has 6 aromatic carbocycles. The van der Waals surface area contributed by atoms with Crippen LogP contribution in [0.3, 0.4) is 0 Å². The van der Waals surface area contributed by atoms with Crippen molar-refractivity contribution in [3.8, 4) is 22.3 Å². The molecule has 0 radical (unpaired) electrons. The highest BCUT2D eigenvalue weighted by atomic mass is 15.1. The number of benzene rings is 6. The molecule has 230 valence electrons. The van der Waals surface area contributed by atoms with Gasteiger partial charge in [0.2, 0.25) is 0 Å². The van der Waals surface area contributed by atoms with Crippen molar-refractivity contribution in [3.63, 3.8) is 0 Å². The maximum absolute atomic E-state index is 2.38. The second-order valence-corrected chi connectivity index (χ2v) is 12.5. The average molecular weight is 609 g/mol. The van der Waals surface area contributed by atoms with Gasteiger partial charge in [0.25, 0.3) is 0 Å². The molecule has 0 fully saturated rings. The predicted octanol–water partition coefficient (Wildman–Crippen LogP) is 12.5. The van der Waals surface area contributed by atoms with E-state index in [4.69, 9.17) is 0 Å². The van der Waals surface area contributed by atoms with Gasteiger partial charge in [0, 0.05) is 35.5 Å². The molecule has 6 aromatic rings. The van der Waals surface area contributed by atoms with Crippen molar-refractivity contribution in [2.24, 2.45) is 5.92 Å². The molecule has 0 N–H and O–H groups in total. The number of aryl methyl sites for hydroxylation is 1. The van der Waals surface area contributed by atoms with Crippen molar-refractivity contribution in [1.82, 2.24) is 0 Å². The lowest BCUT2D eigenvalue weighted by molar-refractivity contribution is 0.740. The van der Waals surface area contributed by atoms with Gasteiger partial charge in [-0.3, -0.25) is 0 Å². The predicted molar refractivity (Wildman–Crippen MR) is 202 cm³/mol. The maximum Gasteiger partial charge on any atom is 0.0462 e. The SMILES string of the molecule is Cc1cccc(N(C)c2ccc(-c3ccc(N(c4ccc(C5=CC(C)CC=C5)cc4)c4ccc(-c5ccccc5)cc4)cc3)cc2)c1. The summed E-state index contributed by atoms with van der Waals surface area (Å²) in [7, 11) is 2.12. The molecule has 1 atom stereocenters. The molecule has 0 amide bonds. The van der Waals surface area contributed by atoms with E-state index in [1.54, 1.807) is 0 Å². The lowest BCUT2D eigenvalue weighted by Crippen LogP contribution is -2.10. The summed E-state index contributed by atoms with van der Waals surface area (Å²) < 4.78 is 0. The normalized spacial score (nSPS) is 14.0. The van der Waals surface area contributed by atoms with Gasteiger partial charge in [0.1, 0.15) is 0 Å². The zero-order chi connectivity index (χ0) is 32.2. The molecule has 0 aromatic heterocycles. The van der Waals surface area contributed by atoms with E-state index < -0.39 is 0 Å². The van der Waals surface area contributed by atoms with Crippen LogP contribution in [-0.4, -0.2) is 7.05 Å². The van der Waals surface area contributed by atoms with Crippen molar-refractivity contribution in [1.29, 1.82) is 0 Å². The van der Waals surface area contributed by atoms with Crippen LogP contribution < -0.4 is 9.80 Å². The third kappa shape index (κ3) is 6.68. The summed E-state index contributed by atoms with van der Waals surface area (Å²) >= 11 is 0. The Hall–Kier alpha value is -5.60. The number of hydrogen-bond acceptors (Lipinski definition) is 2. The molecule has 0 aliphatic heterocycles. The van der Waals surface area contributed by atoms with Gasteiger partial charge in [0.05, 0.1) is 0 Å². The molecule has 7 rings (SSSR count). The van der Waals surface area contributed by atoms with Crippen molar-refractivity contribution < 1.29 is 0 Å². The third-order valence-electron chi connectivity index (χ3n) is 9.06. The van der Waals surface area contributed by atoms with Gasteiger partial charge in [-0.05, 0) is 119 Å². The number of anilines is 5. The second-order valence-electron chi connectivity index (χ2n) is 12.5. The summed E-state index contributed by atoms with van der Waals surface area (Å²) in [4.78, 5) is 4.57. The second kappa shape index (κ2) is 13.4. The van der Waals surface area contributed by atoms with Gasteiger partial charge in [-0.15, -0.1) is 0 Å². The number of allylic oxidation sites excluding steroid dienone is 4. The molecular formula is C45H40N2. The van der Waals surface area contributed by atoms with Crippen LogP contribution in [0.15, 0.2) is 170 Å². The van der Waals surface area contributed by atoms with Crippen LogP contribution in [0.25, 0.3) is 27.8 Å². The zero-order valence-electron chi connectivity index (χ0n) is 27.3. The fourth-order valence-corrected chi connectivity index (χ4v) is 6.38. The Morgan fingerprint density at radius 2 is 0.979 bits per heavy atom. The Balaban J connectivity index is 1.19. The Morgan fingerprint density at radius 1 is 0.489 bits per heavy atom. The van der Waals surface area contributed by atoms with E-state index in [-0.39, 0.29) is 0 Å².